The van der Waals surface area contributed by atoms with Crippen molar-refractivity contribution in [2.24, 2.45) is 0 Å². The quantitative estimate of drug-likeness (QED) is 0.464. The number of carbonyl (C=O) groups excluding carboxylic acids is 2. The normalized spacial score (nSPS) is 17.6. The highest BCUT2D eigenvalue weighted by atomic mass is 16.7. The summed E-state index contributed by atoms with van der Waals surface area (Å²) >= 11 is 0. The third kappa shape index (κ3) is 3.05. The number of hydrogen-bond acceptors (Lipinski definition) is 7. The van der Waals surface area contributed by atoms with Crippen LogP contribution in [0.15, 0.2) is 60.7 Å². The van der Waals surface area contributed by atoms with Crippen LogP contribution in [0.2, 0.25) is 0 Å². The molecule has 5 rings (SSSR count). The monoisotopic (exact) mass is 432 g/mol. The molecule has 1 atom stereocenters. The summed E-state index contributed by atoms with van der Waals surface area (Å²) in [5.74, 6) is 0.452. The van der Waals surface area contributed by atoms with E-state index in [4.69, 9.17) is 18.9 Å². The average Bonchev–Trinajstić information content (AvgIpc) is 3.07. The molecule has 2 aliphatic heterocycles. The maximum Gasteiger partial charge on any atom is 0.340 e. The van der Waals surface area contributed by atoms with Gasteiger partial charge in [-0.25, -0.2) is 4.79 Å². The maximum atomic E-state index is 12.8. The number of phenols is 1. The summed E-state index contributed by atoms with van der Waals surface area (Å²) in [5.41, 5.74) is 1.20. The molecule has 2 heterocycles. The third-order valence-electron chi connectivity index (χ3n) is 5.57. The molecule has 1 N–H and O–H groups in total. The predicted molar refractivity (Wildman–Crippen MR) is 113 cm³/mol. The van der Waals surface area contributed by atoms with Gasteiger partial charge in [-0.1, -0.05) is 25.1 Å². The van der Waals surface area contributed by atoms with Gasteiger partial charge in [0.2, 0.25) is 6.79 Å². The van der Waals surface area contributed by atoms with E-state index >= 15 is 0 Å². The summed E-state index contributed by atoms with van der Waals surface area (Å²) in [6.07, 6.45) is 1.02. The molecule has 0 aromatic heterocycles. The molecule has 0 radical (unpaired) electrons. The number of ether oxygens (including phenoxy) is 4. The Labute approximate surface area is 184 Å². The molecule has 3 aromatic carbocycles. The molecule has 2 aliphatic rings. The Morgan fingerprint density at radius 1 is 1.00 bits per heavy atom. The van der Waals surface area contributed by atoms with Crippen molar-refractivity contribution in [1.82, 2.24) is 0 Å². The minimum atomic E-state index is -1.21. The van der Waals surface area contributed by atoms with E-state index in [0.29, 0.717) is 52.3 Å². The molecule has 1 spiro atoms. The van der Waals surface area contributed by atoms with Crippen LogP contribution < -0.4 is 9.47 Å². The Bertz CT molecular complexity index is 1230. The van der Waals surface area contributed by atoms with Gasteiger partial charge in [0.1, 0.15) is 23.0 Å². The van der Waals surface area contributed by atoms with Crippen LogP contribution in [0.3, 0.4) is 0 Å². The first-order chi connectivity index (χ1) is 15.5. The lowest BCUT2D eigenvalue weighted by Gasteiger charge is -2.36. The molecule has 0 saturated heterocycles. The van der Waals surface area contributed by atoms with Crippen LogP contribution in [0.1, 0.15) is 46.8 Å². The molecule has 0 fully saturated rings. The van der Waals surface area contributed by atoms with E-state index in [0.717, 1.165) is 0 Å². The van der Waals surface area contributed by atoms with E-state index in [1.165, 1.54) is 12.1 Å². The SMILES string of the molecule is CCCC(=O)OCOc1ccc2c(c1)Oc1cc(O)ccc1C21OC(=O)c2ccccc21. The molecule has 0 saturated carbocycles. The fraction of sp³-hybridized carbons (Fsp3) is 0.200. The van der Waals surface area contributed by atoms with Gasteiger partial charge in [-0.2, -0.15) is 0 Å². The molecule has 7 heteroatoms. The number of carbonyl (C=O) groups is 2. The van der Waals surface area contributed by atoms with Crippen molar-refractivity contribution in [2.75, 3.05) is 6.79 Å². The largest absolute Gasteiger partial charge is 0.508 e. The summed E-state index contributed by atoms with van der Waals surface area (Å²) in [6.45, 7) is 1.67. The summed E-state index contributed by atoms with van der Waals surface area (Å²) < 4.78 is 22.7. The first-order valence-corrected chi connectivity index (χ1v) is 10.3. The molecular formula is C25H20O7. The van der Waals surface area contributed by atoms with Crippen molar-refractivity contribution in [2.45, 2.75) is 25.4 Å². The molecule has 0 aliphatic carbocycles. The fourth-order valence-corrected chi connectivity index (χ4v) is 4.17. The second-order valence-corrected chi connectivity index (χ2v) is 7.59. The molecule has 32 heavy (non-hydrogen) atoms. The lowest BCUT2D eigenvalue weighted by atomic mass is 9.77. The number of phenolic OH excluding ortho intramolecular Hbond substituents is 1. The number of aromatic hydroxyl groups is 1. The molecule has 162 valence electrons. The second kappa shape index (κ2) is 7.60. The van der Waals surface area contributed by atoms with Crippen molar-refractivity contribution < 1.29 is 33.6 Å². The first kappa shape index (κ1) is 19.9. The third-order valence-corrected chi connectivity index (χ3v) is 5.57. The van der Waals surface area contributed by atoms with Crippen LogP contribution in [0.5, 0.6) is 23.0 Å². The number of rotatable bonds is 5. The number of hydrogen-bond donors (Lipinski definition) is 1. The van der Waals surface area contributed by atoms with Crippen molar-refractivity contribution in [3.05, 3.63) is 82.9 Å². The van der Waals surface area contributed by atoms with E-state index in [9.17, 15) is 14.7 Å². The Hall–Kier alpha value is -4.00. The molecule has 7 nitrogen and oxygen atoms in total. The van der Waals surface area contributed by atoms with Crippen LogP contribution in [-0.4, -0.2) is 23.8 Å². The van der Waals surface area contributed by atoms with Crippen LogP contribution in [-0.2, 0) is 19.9 Å². The van der Waals surface area contributed by atoms with Crippen LogP contribution in [0.25, 0.3) is 0 Å². The standard InChI is InChI=1S/C25H20O7/c1-2-5-23(27)30-14-29-16-9-11-20-22(13-16)31-21-12-15(26)8-10-19(21)25(20)18-7-4-3-6-17(18)24(28)32-25/h3-4,6-13,26H,2,5,14H2,1H3. The molecule has 3 aromatic rings. The molecular weight excluding hydrogens is 412 g/mol. The van der Waals surface area contributed by atoms with Gasteiger partial charge in [-0.05, 0) is 36.8 Å². The lowest BCUT2D eigenvalue weighted by molar-refractivity contribution is -0.150. The molecule has 0 amide bonds. The summed E-state index contributed by atoms with van der Waals surface area (Å²) in [4.78, 5) is 24.3. The zero-order valence-electron chi connectivity index (χ0n) is 17.3. The fourth-order valence-electron chi connectivity index (χ4n) is 4.17. The summed E-state index contributed by atoms with van der Waals surface area (Å²) in [7, 11) is 0. The Kier molecular flexibility index (Phi) is 4.74. The van der Waals surface area contributed by atoms with E-state index < -0.39 is 11.6 Å². The predicted octanol–water partition coefficient (Wildman–Crippen LogP) is 4.64. The average molecular weight is 432 g/mol. The van der Waals surface area contributed by atoms with E-state index in [1.807, 2.05) is 19.1 Å². The van der Waals surface area contributed by atoms with Crippen LogP contribution in [0, 0.1) is 0 Å². The second-order valence-electron chi connectivity index (χ2n) is 7.59. The van der Waals surface area contributed by atoms with Gasteiger partial charge in [0.15, 0.2) is 5.60 Å². The van der Waals surface area contributed by atoms with Gasteiger partial charge in [-0.3, -0.25) is 4.79 Å². The Balaban J connectivity index is 1.57. The highest BCUT2D eigenvalue weighted by molar-refractivity contribution is 5.97. The van der Waals surface area contributed by atoms with Crippen LogP contribution >= 0.6 is 0 Å². The van der Waals surface area contributed by atoms with Crippen molar-refractivity contribution in [1.29, 1.82) is 0 Å². The smallest absolute Gasteiger partial charge is 0.340 e. The van der Waals surface area contributed by atoms with Gasteiger partial charge in [0, 0.05) is 35.2 Å². The van der Waals surface area contributed by atoms with Gasteiger partial charge in [0.25, 0.3) is 0 Å². The zero-order valence-corrected chi connectivity index (χ0v) is 17.3. The minimum absolute atomic E-state index is 0.0233. The molecule has 1 unspecified atom stereocenters. The number of fused-ring (bicyclic) bond motifs is 6. The number of benzene rings is 3. The first-order valence-electron chi connectivity index (χ1n) is 10.3. The minimum Gasteiger partial charge on any atom is -0.508 e. The van der Waals surface area contributed by atoms with Gasteiger partial charge >= 0.3 is 11.9 Å². The zero-order chi connectivity index (χ0) is 22.3. The van der Waals surface area contributed by atoms with Gasteiger partial charge < -0.3 is 24.1 Å². The van der Waals surface area contributed by atoms with E-state index in [1.54, 1.807) is 36.4 Å². The van der Waals surface area contributed by atoms with E-state index in [-0.39, 0.29) is 18.5 Å². The topological polar surface area (TPSA) is 91.3 Å². The Morgan fingerprint density at radius 3 is 2.56 bits per heavy atom. The van der Waals surface area contributed by atoms with Crippen molar-refractivity contribution >= 4 is 11.9 Å². The highest BCUT2D eigenvalue weighted by Gasteiger charge is 2.53. The van der Waals surface area contributed by atoms with Crippen molar-refractivity contribution in [3.63, 3.8) is 0 Å². The maximum absolute atomic E-state index is 12.8. The Morgan fingerprint density at radius 2 is 1.75 bits per heavy atom. The van der Waals surface area contributed by atoms with Gasteiger partial charge in [-0.15, -0.1) is 0 Å². The highest BCUT2D eigenvalue weighted by Crippen LogP contribution is 2.56. The van der Waals surface area contributed by atoms with E-state index in [2.05, 4.69) is 0 Å². The summed E-state index contributed by atoms with van der Waals surface area (Å²) in [5, 5.41) is 10.0. The summed E-state index contributed by atoms with van der Waals surface area (Å²) in [6, 6.07) is 17.0. The van der Waals surface area contributed by atoms with Crippen molar-refractivity contribution in [3.8, 4) is 23.0 Å². The van der Waals surface area contributed by atoms with Gasteiger partial charge in [0.05, 0.1) is 5.56 Å². The lowest BCUT2D eigenvalue weighted by Crippen LogP contribution is -2.32. The van der Waals surface area contributed by atoms with Crippen LogP contribution in [0.4, 0.5) is 0 Å². The molecule has 0 bridgehead atoms. The number of esters is 2.